The Morgan fingerprint density at radius 1 is 1.50 bits per heavy atom. The van der Waals surface area contributed by atoms with Gasteiger partial charge >= 0.3 is 0 Å². The van der Waals surface area contributed by atoms with Gasteiger partial charge < -0.3 is 15.5 Å². The molecule has 1 saturated heterocycles. The molecule has 1 aromatic heterocycles. The molecule has 0 aliphatic carbocycles. The molecule has 1 aliphatic heterocycles. The third-order valence-corrected chi connectivity index (χ3v) is 3.39. The standard InChI is InChI=1S/C14H22N4O2/c1-10-8-11(9-13(17-10)18-15)14(19)16-6-5-12-4-2-3-7-20-12/h8-9,12H,2-7,15H2,1H3,(H,16,19)(H,17,18). The van der Waals surface area contributed by atoms with Crippen LogP contribution in [0.15, 0.2) is 12.1 Å². The lowest BCUT2D eigenvalue weighted by molar-refractivity contribution is 0.0117. The first-order valence-corrected chi connectivity index (χ1v) is 7.04. The molecule has 2 rings (SSSR count). The van der Waals surface area contributed by atoms with Crippen LogP contribution in [0.25, 0.3) is 0 Å². The van der Waals surface area contributed by atoms with E-state index in [1.807, 2.05) is 6.92 Å². The summed E-state index contributed by atoms with van der Waals surface area (Å²) in [6.07, 6.45) is 4.59. The third kappa shape index (κ3) is 4.18. The number of nitrogens with one attached hydrogen (secondary N) is 2. The van der Waals surface area contributed by atoms with Gasteiger partial charge in [0.05, 0.1) is 6.10 Å². The molecule has 6 nitrogen and oxygen atoms in total. The first-order chi connectivity index (χ1) is 9.69. The van der Waals surface area contributed by atoms with Crippen molar-refractivity contribution in [3.63, 3.8) is 0 Å². The van der Waals surface area contributed by atoms with Crippen molar-refractivity contribution in [1.82, 2.24) is 10.3 Å². The van der Waals surface area contributed by atoms with Crippen LogP contribution in [0.4, 0.5) is 5.82 Å². The van der Waals surface area contributed by atoms with Crippen LogP contribution in [-0.4, -0.2) is 30.1 Å². The summed E-state index contributed by atoms with van der Waals surface area (Å²) in [5, 5.41) is 2.91. The van der Waals surface area contributed by atoms with E-state index in [1.54, 1.807) is 12.1 Å². The molecule has 1 amide bonds. The van der Waals surface area contributed by atoms with Gasteiger partial charge in [0.15, 0.2) is 0 Å². The predicted octanol–water partition coefficient (Wildman–Crippen LogP) is 1.36. The summed E-state index contributed by atoms with van der Waals surface area (Å²) in [5.41, 5.74) is 3.78. The maximum absolute atomic E-state index is 12.1. The van der Waals surface area contributed by atoms with Crippen molar-refractivity contribution in [3.05, 3.63) is 23.4 Å². The van der Waals surface area contributed by atoms with E-state index in [0.717, 1.165) is 31.6 Å². The van der Waals surface area contributed by atoms with Crippen molar-refractivity contribution in [2.24, 2.45) is 5.84 Å². The maximum atomic E-state index is 12.1. The molecule has 110 valence electrons. The van der Waals surface area contributed by atoms with E-state index in [4.69, 9.17) is 10.6 Å². The van der Waals surface area contributed by atoms with Crippen LogP contribution in [0.5, 0.6) is 0 Å². The van der Waals surface area contributed by atoms with Gasteiger partial charge in [0, 0.05) is 24.4 Å². The molecule has 6 heteroatoms. The van der Waals surface area contributed by atoms with E-state index < -0.39 is 0 Å². The van der Waals surface area contributed by atoms with Gasteiger partial charge in [0.1, 0.15) is 5.82 Å². The van der Waals surface area contributed by atoms with Crippen molar-refractivity contribution in [3.8, 4) is 0 Å². The van der Waals surface area contributed by atoms with Crippen LogP contribution in [0.2, 0.25) is 0 Å². The van der Waals surface area contributed by atoms with Gasteiger partial charge in [-0.3, -0.25) is 4.79 Å². The number of nitrogens with zero attached hydrogens (tertiary/aromatic N) is 1. The number of aromatic nitrogens is 1. The van der Waals surface area contributed by atoms with E-state index in [1.165, 1.54) is 6.42 Å². The van der Waals surface area contributed by atoms with Crippen molar-refractivity contribution < 1.29 is 9.53 Å². The summed E-state index contributed by atoms with van der Waals surface area (Å²) >= 11 is 0. The predicted molar refractivity (Wildman–Crippen MR) is 77.3 cm³/mol. The van der Waals surface area contributed by atoms with Gasteiger partial charge in [0.25, 0.3) is 5.91 Å². The molecular formula is C14H22N4O2. The van der Waals surface area contributed by atoms with Crippen LogP contribution in [0.1, 0.15) is 41.7 Å². The van der Waals surface area contributed by atoms with Crippen LogP contribution in [0.3, 0.4) is 0 Å². The lowest BCUT2D eigenvalue weighted by atomic mass is 10.1. The van der Waals surface area contributed by atoms with Gasteiger partial charge in [-0.05, 0) is 44.7 Å². The molecule has 0 spiro atoms. The second kappa shape index (κ2) is 7.21. The molecular weight excluding hydrogens is 256 g/mol. The summed E-state index contributed by atoms with van der Waals surface area (Å²) in [4.78, 5) is 16.2. The van der Waals surface area contributed by atoms with Crippen molar-refractivity contribution >= 4 is 11.7 Å². The van der Waals surface area contributed by atoms with Gasteiger partial charge in [-0.1, -0.05) is 0 Å². The Bertz CT molecular complexity index is 458. The molecule has 4 N–H and O–H groups in total. The number of nitrogen functional groups attached to an aromatic ring is 1. The molecule has 2 heterocycles. The number of nitrogens with two attached hydrogens (primary N) is 1. The highest BCUT2D eigenvalue weighted by Crippen LogP contribution is 2.15. The highest BCUT2D eigenvalue weighted by atomic mass is 16.5. The molecule has 0 radical (unpaired) electrons. The van der Waals surface area contributed by atoms with Crippen molar-refractivity contribution in [1.29, 1.82) is 0 Å². The molecule has 0 bridgehead atoms. The summed E-state index contributed by atoms with van der Waals surface area (Å²) in [6, 6.07) is 3.38. The highest BCUT2D eigenvalue weighted by molar-refractivity contribution is 5.94. The molecule has 20 heavy (non-hydrogen) atoms. The molecule has 1 aromatic rings. The average Bonchev–Trinajstić information content (AvgIpc) is 2.47. The highest BCUT2D eigenvalue weighted by Gasteiger charge is 2.14. The first kappa shape index (κ1) is 14.7. The van der Waals surface area contributed by atoms with E-state index in [2.05, 4.69) is 15.7 Å². The number of aryl methyl sites for hydroxylation is 1. The first-order valence-electron chi connectivity index (χ1n) is 7.04. The largest absolute Gasteiger partial charge is 0.378 e. The quantitative estimate of drug-likeness (QED) is 0.559. The number of amides is 1. The maximum Gasteiger partial charge on any atom is 0.251 e. The van der Waals surface area contributed by atoms with Crippen molar-refractivity contribution in [2.45, 2.75) is 38.7 Å². The normalized spacial score (nSPS) is 18.6. The zero-order chi connectivity index (χ0) is 14.4. The number of hydrogen-bond acceptors (Lipinski definition) is 5. The number of carbonyl (C=O) groups is 1. The van der Waals surface area contributed by atoms with Crippen LogP contribution in [-0.2, 0) is 4.74 Å². The lowest BCUT2D eigenvalue weighted by Crippen LogP contribution is -2.29. The Kier molecular flexibility index (Phi) is 5.31. The molecule has 0 aromatic carbocycles. The Balaban J connectivity index is 1.83. The second-order valence-corrected chi connectivity index (χ2v) is 5.06. The fourth-order valence-corrected chi connectivity index (χ4v) is 2.36. The molecule has 1 aliphatic rings. The van der Waals surface area contributed by atoms with Gasteiger partial charge in [-0.15, -0.1) is 0 Å². The summed E-state index contributed by atoms with van der Waals surface area (Å²) in [7, 11) is 0. The summed E-state index contributed by atoms with van der Waals surface area (Å²) in [6.45, 7) is 3.29. The Hall–Kier alpha value is -1.66. The number of pyridine rings is 1. The average molecular weight is 278 g/mol. The van der Waals surface area contributed by atoms with Gasteiger partial charge in [0.2, 0.25) is 0 Å². The van der Waals surface area contributed by atoms with E-state index in [9.17, 15) is 4.79 Å². The minimum atomic E-state index is -0.109. The Morgan fingerprint density at radius 2 is 2.35 bits per heavy atom. The van der Waals surface area contributed by atoms with Gasteiger partial charge in [-0.2, -0.15) is 0 Å². The zero-order valence-corrected chi connectivity index (χ0v) is 11.8. The SMILES string of the molecule is Cc1cc(C(=O)NCCC2CCCCO2)cc(NN)n1. The number of hydrazine groups is 1. The monoisotopic (exact) mass is 278 g/mol. The molecule has 1 atom stereocenters. The lowest BCUT2D eigenvalue weighted by Gasteiger charge is -2.22. The zero-order valence-electron chi connectivity index (χ0n) is 11.8. The number of rotatable bonds is 5. The van der Waals surface area contributed by atoms with Crippen LogP contribution < -0.4 is 16.6 Å². The summed E-state index contributed by atoms with van der Waals surface area (Å²) in [5.74, 6) is 5.71. The fourth-order valence-electron chi connectivity index (χ4n) is 2.36. The number of carbonyl (C=O) groups excluding carboxylic acids is 1. The molecule has 1 unspecified atom stereocenters. The minimum absolute atomic E-state index is 0.109. The number of anilines is 1. The molecule has 1 fully saturated rings. The van der Waals surface area contributed by atoms with Crippen molar-refractivity contribution in [2.75, 3.05) is 18.6 Å². The number of hydrogen-bond donors (Lipinski definition) is 3. The van der Waals surface area contributed by atoms with Crippen LogP contribution in [0, 0.1) is 6.92 Å². The number of ether oxygens (including phenoxy) is 1. The summed E-state index contributed by atoms with van der Waals surface area (Å²) < 4.78 is 5.63. The van der Waals surface area contributed by atoms with Gasteiger partial charge in [-0.25, -0.2) is 10.8 Å². The topological polar surface area (TPSA) is 89.3 Å². The third-order valence-electron chi connectivity index (χ3n) is 3.39. The smallest absolute Gasteiger partial charge is 0.251 e. The fraction of sp³-hybridized carbons (Fsp3) is 0.571. The van der Waals surface area contributed by atoms with E-state index in [0.29, 0.717) is 17.9 Å². The second-order valence-electron chi connectivity index (χ2n) is 5.06. The van der Waals surface area contributed by atoms with E-state index >= 15 is 0 Å². The Labute approximate surface area is 119 Å². The molecule has 0 saturated carbocycles. The Morgan fingerprint density at radius 3 is 3.05 bits per heavy atom. The minimum Gasteiger partial charge on any atom is -0.378 e. The van der Waals surface area contributed by atoms with Crippen LogP contribution >= 0.6 is 0 Å². The van der Waals surface area contributed by atoms with E-state index in [-0.39, 0.29) is 12.0 Å².